The molecule has 1 aliphatic heterocycles. The van der Waals surface area contributed by atoms with Crippen LogP contribution in [0.2, 0.25) is 10.0 Å². The lowest BCUT2D eigenvalue weighted by atomic mass is 9.81. The van der Waals surface area contributed by atoms with E-state index in [0.717, 1.165) is 0 Å². The van der Waals surface area contributed by atoms with Gasteiger partial charge in [0.25, 0.3) is 0 Å². The normalized spacial score (nSPS) is 15.5. The van der Waals surface area contributed by atoms with E-state index in [1.807, 2.05) is 11.8 Å². The minimum atomic E-state index is -3.30. The number of aromatic nitrogens is 4. The SMILES string of the molecule is CN(CC1(C)CN(c2ncc(-c3n[nH]c4cc(F)c(O[C@H](N)c5c(Cl)cncc5Cl)cc34)cc2C#N)C1)S(C)(=O)=O. The highest BCUT2D eigenvalue weighted by Gasteiger charge is 2.42. The topological polar surface area (TPSA) is 154 Å². The predicted molar refractivity (Wildman–Crippen MR) is 154 cm³/mol. The Labute approximate surface area is 245 Å². The van der Waals surface area contributed by atoms with Gasteiger partial charge in [0.1, 0.15) is 17.6 Å². The summed E-state index contributed by atoms with van der Waals surface area (Å²) in [7, 11) is -1.76. The van der Waals surface area contributed by atoms with Gasteiger partial charge >= 0.3 is 0 Å². The average molecular weight is 620 g/mol. The summed E-state index contributed by atoms with van der Waals surface area (Å²) in [5.74, 6) is -0.346. The van der Waals surface area contributed by atoms with Crippen LogP contribution in [-0.2, 0) is 10.0 Å². The van der Waals surface area contributed by atoms with Gasteiger partial charge in [-0.05, 0) is 12.1 Å². The smallest absolute Gasteiger partial charge is 0.210 e. The van der Waals surface area contributed by atoms with E-state index in [0.29, 0.717) is 53.2 Å². The summed E-state index contributed by atoms with van der Waals surface area (Å²) >= 11 is 12.3. The minimum Gasteiger partial charge on any atom is -0.468 e. The van der Waals surface area contributed by atoms with E-state index in [-0.39, 0.29) is 26.8 Å². The first-order chi connectivity index (χ1) is 19.3. The van der Waals surface area contributed by atoms with Crippen LogP contribution < -0.4 is 15.4 Å². The van der Waals surface area contributed by atoms with Gasteiger partial charge in [-0.2, -0.15) is 10.4 Å². The first-order valence-corrected chi connectivity index (χ1v) is 14.9. The lowest BCUT2D eigenvalue weighted by Gasteiger charge is -2.50. The maximum atomic E-state index is 14.9. The van der Waals surface area contributed by atoms with Crippen molar-refractivity contribution in [3.63, 3.8) is 0 Å². The van der Waals surface area contributed by atoms with Gasteiger partial charge in [0.05, 0.1) is 27.4 Å². The highest BCUT2D eigenvalue weighted by Crippen LogP contribution is 2.38. The molecule has 41 heavy (non-hydrogen) atoms. The first kappa shape index (κ1) is 29.0. The highest BCUT2D eigenvalue weighted by atomic mass is 35.5. The fraction of sp³-hybridized carbons (Fsp3) is 0.308. The van der Waals surface area contributed by atoms with Gasteiger partial charge in [0.15, 0.2) is 17.8 Å². The minimum absolute atomic E-state index is 0.152. The number of nitriles is 1. The summed E-state index contributed by atoms with van der Waals surface area (Å²) < 4.78 is 45.6. The number of benzene rings is 1. The molecular formula is C26H25Cl2FN8O3S. The zero-order chi connectivity index (χ0) is 29.7. The summed E-state index contributed by atoms with van der Waals surface area (Å²) in [4.78, 5) is 10.3. The number of sulfonamides is 1. The van der Waals surface area contributed by atoms with Gasteiger partial charge in [0, 0.05) is 73.3 Å². The van der Waals surface area contributed by atoms with Crippen LogP contribution in [0.15, 0.2) is 36.8 Å². The second-order valence-corrected chi connectivity index (χ2v) is 13.3. The van der Waals surface area contributed by atoms with Crippen molar-refractivity contribution in [2.45, 2.75) is 13.2 Å². The van der Waals surface area contributed by atoms with Gasteiger partial charge in [-0.3, -0.25) is 15.8 Å². The molecule has 0 saturated carbocycles. The van der Waals surface area contributed by atoms with E-state index < -0.39 is 22.1 Å². The zero-order valence-electron chi connectivity index (χ0n) is 22.2. The van der Waals surface area contributed by atoms with Crippen LogP contribution in [0.3, 0.4) is 0 Å². The second kappa shape index (κ2) is 10.7. The van der Waals surface area contributed by atoms with E-state index in [2.05, 4.69) is 26.2 Å². The summed E-state index contributed by atoms with van der Waals surface area (Å²) in [6.45, 7) is 3.41. The Balaban J connectivity index is 1.41. The fourth-order valence-corrected chi connectivity index (χ4v) is 6.04. The molecule has 0 aliphatic carbocycles. The van der Waals surface area contributed by atoms with Crippen LogP contribution in [-0.4, -0.2) is 65.8 Å². The quantitative estimate of drug-likeness (QED) is 0.278. The van der Waals surface area contributed by atoms with Crippen LogP contribution in [0, 0.1) is 22.6 Å². The van der Waals surface area contributed by atoms with Crippen molar-refractivity contribution >= 4 is 49.9 Å². The van der Waals surface area contributed by atoms with Crippen molar-refractivity contribution in [2.24, 2.45) is 11.1 Å². The van der Waals surface area contributed by atoms with Gasteiger partial charge in [-0.15, -0.1) is 0 Å². The summed E-state index contributed by atoms with van der Waals surface area (Å²) in [5, 5.41) is 17.9. The molecule has 1 saturated heterocycles. The number of halogens is 3. The standard InChI is InChI=1S/C26H25Cl2FN8O3S/c1-26(11-36(2)41(3,38)39)12-37(13-26)25-14(7-30)4-15(8-33-25)23-16-5-21(19(29)6-20(16)34-35-23)40-24(31)22-17(27)9-32-10-18(22)28/h4-6,8-10,24H,11-13,31H2,1-3H3,(H,34,35)/t24-/m0/s1. The number of pyridine rings is 2. The molecule has 15 heteroatoms. The van der Waals surface area contributed by atoms with Crippen LogP contribution in [0.25, 0.3) is 22.2 Å². The Morgan fingerprint density at radius 2 is 1.95 bits per heavy atom. The molecule has 0 unspecified atom stereocenters. The van der Waals surface area contributed by atoms with Gasteiger partial charge < -0.3 is 9.64 Å². The third kappa shape index (κ3) is 5.66. The molecule has 1 aromatic carbocycles. The molecule has 4 aromatic rings. The van der Waals surface area contributed by atoms with Gasteiger partial charge in [-0.25, -0.2) is 22.1 Å². The second-order valence-electron chi connectivity index (χ2n) is 10.3. The third-order valence-corrected chi connectivity index (χ3v) is 8.78. The van der Waals surface area contributed by atoms with E-state index in [4.69, 9.17) is 33.7 Å². The number of hydrogen-bond acceptors (Lipinski definition) is 9. The molecule has 4 heterocycles. The average Bonchev–Trinajstić information content (AvgIpc) is 3.28. The Morgan fingerprint density at radius 1 is 1.27 bits per heavy atom. The number of fused-ring (bicyclic) bond motifs is 1. The third-order valence-electron chi connectivity index (χ3n) is 6.92. The number of anilines is 1. The Hall–Kier alpha value is -3.54. The summed E-state index contributed by atoms with van der Waals surface area (Å²) in [6.07, 6.45) is 4.29. The maximum Gasteiger partial charge on any atom is 0.210 e. The Kier molecular flexibility index (Phi) is 7.56. The highest BCUT2D eigenvalue weighted by molar-refractivity contribution is 7.88. The molecule has 5 rings (SSSR count). The van der Waals surface area contributed by atoms with Crippen molar-refractivity contribution < 1.29 is 17.5 Å². The van der Waals surface area contributed by atoms with Crippen LogP contribution >= 0.6 is 23.2 Å². The lowest BCUT2D eigenvalue weighted by Crippen LogP contribution is -2.60. The molecular weight excluding hydrogens is 594 g/mol. The molecule has 3 aromatic heterocycles. The van der Waals surface area contributed by atoms with Crippen molar-refractivity contribution in [1.82, 2.24) is 24.5 Å². The van der Waals surface area contributed by atoms with Gasteiger partial charge in [-0.1, -0.05) is 30.1 Å². The lowest BCUT2D eigenvalue weighted by molar-refractivity contribution is 0.198. The largest absolute Gasteiger partial charge is 0.468 e. The monoisotopic (exact) mass is 618 g/mol. The number of rotatable bonds is 8. The van der Waals surface area contributed by atoms with E-state index in [1.165, 1.54) is 35.1 Å². The maximum absolute atomic E-state index is 14.9. The number of H-pyrrole nitrogens is 1. The number of nitrogens with one attached hydrogen (secondary N) is 1. The summed E-state index contributed by atoms with van der Waals surface area (Å²) in [6, 6.07) is 6.52. The van der Waals surface area contributed by atoms with Crippen molar-refractivity contribution in [3.8, 4) is 23.1 Å². The molecule has 0 amide bonds. The molecule has 214 valence electrons. The molecule has 3 N–H and O–H groups in total. The molecule has 1 fully saturated rings. The van der Waals surface area contributed by atoms with E-state index >= 15 is 0 Å². The number of ether oxygens (including phenoxy) is 1. The van der Waals surface area contributed by atoms with Crippen molar-refractivity contribution in [3.05, 3.63) is 63.8 Å². The number of nitrogens with two attached hydrogens (primary N) is 1. The Bertz CT molecular complexity index is 1780. The van der Waals surface area contributed by atoms with Crippen LogP contribution in [0.4, 0.5) is 10.2 Å². The van der Waals surface area contributed by atoms with Crippen LogP contribution in [0.5, 0.6) is 5.75 Å². The van der Waals surface area contributed by atoms with Crippen molar-refractivity contribution in [2.75, 3.05) is 37.8 Å². The first-order valence-electron chi connectivity index (χ1n) is 12.3. The molecule has 0 bridgehead atoms. The van der Waals surface area contributed by atoms with E-state index in [1.54, 1.807) is 19.3 Å². The number of hydrogen-bond donors (Lipinski definition) is 2. The number of aromatic amines is 1. The van der Waals surface area contributed by atoms with Crippen LogP contribution in [0.1, 0.15) is 24.3 Å². The predicted octanol–water partition coefficient (Wildman–Crippen LogP) is 4.09. The molecule has 0 radical (unpaired) electrons. The summed E-state index contributed by atoms with van der Waals surface area (Å²) in [5.41, 5.74) is 7.79. The van der Waals surface area contributed by atoms with E-state index in [9.17, 15) is 18.1 Å². The molecule has 0 spiro atoms. The molecule has 1 atom stereocenters. The Morgan fingerprint density at radius 3 is 2.59 bits per heavy atom. The van der Waals surface area contributed by atoms with Crippen molar-refractivity contribution in [1.29, 1.82) is 5.26 Å². The van der Waals surface area contributed by atoms with Gasteiger partial charge in [0.2, 0.25) is 10.0 Å². The fourth-order valence-electron chi connectivity index (χ4n) is 4.92. The number of nitrogens with zero attached hydrogens (tertiary/aromatic N) is 6. The molecule has 11 nitrogen and oxygen atoms in total. The zero-order valence-corrected chi connectivity index (χ0v) is 24.5. The molecule has 1 aliphatic rings.